The highest BCUT2D eigenvalue weighted by Crippen LogP contribution is 2.24. The van der Waals surface area contributed by atoms with E-state index in [2.05, 4.69) is 10.0 Å². The summed E-state index contributed by atoms with van der Waals surface area (Å²) >= 11 is 0. The van der Waals surface area contributed by atoms with Crippen molar-refractivity contribution in [2.24, 2.45) is 5.11 Å². The number of azide groups is 1. The number of nitrogens with one attached hydrogen (secondary N) is 1. The molecule has 3 rings (SSSR count). The molecular formula is C19H18BrN5O2. The fourth-order valence-electron chi connectivity index (χ4n) is 2.89. The Morgan fingerprint density at radius 3 is 2.48 bits per heavy atom. The van der Waals surface area contributed by atoms with Crippen LogP contribution in [-0.4, -0.2) is 30.8 Å². The molecule has 2 aromatic carbocycles. The maximum absolute atomic E-state index is 12.9. The van der Waals surface area contributed by atoms with Crippen molar-refractivity contribution in [3.8, 4) is 0 Å². The lowest BCUT2D eigenvalue weighted by Gasteiger charge is -2.15. The van der Waals surface area contributed by atoms with Crippen LogP contribution in [0.3, 0.4) is 0 Å². The molecule has 0 fully saturated rings. The second-order valence-electron chi connectivity index (χ2n) is 6.13. The highest BCUT2D eigenvalue weighted by atomic mass is 79.9. The average Bonchev–Trinajstić information content (AvgIpc) is 3.09. The van der Waals surface area contributed by atoms with Crippen molar-refractivity contribution in [1.82, 2.24) is 4.90 Å². The summed E-state index contributed by atoms with van der Waals surface area (Å²) in [6.07, 6.45) is 3.57. The molecule has 1 N–H and O–H groups in total. The average molecular weight is 428 g/mol. The predicted octanol–water partition coefficient (Wildman–Crippen LogP) is -0.0858. The number of amides is 2. The van der Waals surface area contributed by atoms with Gasteiger partial charge >= 0.3 is 6.03 Å². The number of carbonyl (C=O) groups excluding carboxylic acids is 2. The SMILES string of the molecule is CN(C)C(=O)[NH+]1C=Cc2c(C(=O)c3ccc(CN=[N+]=[N-])cc3)cccc21.[Br-]. The molecule has 8 heteroatoms. The van der Waals surface area contributed by atoms with Gasteiger partial charge in [-0.1, -0.05) is 35.4 Å². The van der Waals surface area contributed by atoms with Crippen LogP contribution in [0.5, 0.6) is 0 Å². The molecule has 27 heavy (non-hydrogen) atoms. The number of quaternary nitrogens is 1. The van der Waals surface area contributed by atoms with Crippen molar-refractivity contribution < 1.29 is 31.5 Å². The third kappa shape index (κ3) is 4.09. The summed E-state index contributed by atoms with van der Waals surface area (Å²) in [5.74, 6) is -0.111. The van der Waals surface area contributed by atoms with Crippen molar-refractivity contribution in [3.63, 3.8) is 0 Å². The molecule has 0 radical (unpaired) electrons. The van der Waals surface area contributed by atoms with Gasteiger partial charge < -0.3 is 17.0 Å². The molecular weight excluding hydrogens is 410 g/mol. The van der Waals surface area contributed by atoms with E-state index in [1.807, 2.05) is 12.1 Å². The highest BCUT2D eigenvalue weighted by Gasteiger charge is 2.31. The van der Waals surface area contributed by atoms with Crippen LogP contribution < -0.4 is 21.9 Å². The fourth-order valence-corrected chi connectivity index (χ4v) is 2.89. The summed E-state index contributed by atoms with van der Waals surface area (Å²) in [5, 5.41) is 3.51. The van der Waals surface area contributed by atoms with Crippen molar-refractivity contribution in [1.29, 1.82) is 0 Å². The van der Waals surface area contributed by atoms with Gasteiger partial charge in [0, 0.05) is 42.3 Å². The highest BCUT2D eigenvalue weighted by molar-refractivity contribution is 6.12. The summed E-state index contributed by atoms with van der Waals surface area (Å²) < 4.78 is 0. The maximum atomic E-state index is 12.9. The van der Waals surface area contributed by atoms with E-state index < -0.39 is 0 Å². The van der Waals surface area contributed by atoms with E-state index in [0.717, 1.165) is 16.8 Å². The minimum Gasteiger partial charge on any atom is -1.00 e. The van der Waals surface area contributed by atoms with E-state index in [1.54, 1.807) is 56.7 Å². The summed E-state index contributed by atoms with van der Waals surface area (Å²) in [6.45, 7) is 0.249. The van der Waals surface area contributed by atoms with Gasteiger partial charge in [0.25, 0.3) is 0 Å². The predicted molar refractivity (Wildman–Crippen MR) is 97.9 cm³/mol. The Hall–Kier alpha value is -2.93. The number of hydrogen-bond donors (Lipinski definition) is 1. The van der Waals surface area contributed by atoms with Gasteiger partial charge in [0.2, 0.25) is 0 Å². The van der Waals surface area contributed by atoms with E-state index in [4.69, 9.17) is 5.53 Å². The van der Waals surface area contributed by atoms with Crippen LogP contribution in [0, 0.1) is 0 Å². The number of ketones is 1. The number of nitrogens with zero attached hydrogens (tertiary/aromatic N) is 4. The largest absolute Gasteiger partial charge is 1.00 e. The van der Waals surface area contributed by atoms with E-state index in [0.29, 0.717) is 16.0 Å². The quantitative estimate of drug-likeness (QED) is 0.319. The van der Waals surface area contributed by atoms with E-state index in [-0.39, 0.29) is 35.3 Å². The van der Waals surface area contributed by atoms with Crippen LogP contribution in [0.1, 0.15) is 27.0 Å². The molecule has 0 saturated carbocycles. The lowest BCUT2D eigenvalue weighted by atomic mass is 9.97. The van der Waals surface area contributed by atoms with E-state index in [1.165, 1.54) is 4.90 Å². The lowest BCUT2D eigenvalue weighted by Crippen LogP contribution is -3.06. The van der Waals surface area contributed by atoms with Gasteiger partial charge in [0.1, 0.15) is 6.20 Å². The number of urea groups is 1. The number of halogens is 1. The Kier molecular flexibility index (Phi) is 6.52. The van der Waals surface area contributed by atoms with Gasteiger partial charge in [-0.3, -0.25) is 9.69 Å². The fraction of sp³-hybridized carbons (Fsp3) is 0.158. The van der Waals surface area contributed by atoms with Crippen molar-refractivity contribution in [3.05, 3.63) is 81.4 Å². The minimum atomic E-state index is -0.111. The Morgan fingerprint density at radius 1 is 1.15 bits per heavy atom. The second-order valence-corrected chi connectivity index (χ2v) is 6.13. The molecule has 7 nitrogen and oxygen atoms in total. The van der Waals surface area contributed by atoms with Crippen LogP contribution in [0.15, 0.2) is 53.8 Å². The van der Waals surface area contributed by atoms with E-state index in [9.17, 15) is 9.59 Å². The zero-order chi connectivity index (χ0) is 18.7. The first-order valence-corrected chi connectivity index (χ1v) is 8.07. The van der Waals surface area contributed by atoms with Gasteiger partial charge in [0.05, 0.1) is 12.1 Å². The standard InChI is InChI=1S/C19H17N5O2.BrH/c1-23(2)19(26)24-11-10-15-16(4-3-5-17(15)24)18(25)14-8-6-13(7-9-14)12-21-22-20;/h3-11H,12H2,1-2H3;1H. The first kappa shape index (κ1) is 20.4. The van der Waals surface area contributed by atoms with Crippen molar-refractivity contribution >= 4 is 23.6 Å². The molecule has 2 amide bonds. The monoisotopic (exact) mass is 427 g/mol. The molecule has 138 valence electrons. The molecule has 1 aliphatic heterocycles. The van der Waals surface area contributed by atoms with Crippen LogP contribution in [0.25, 0.3) is 16.5 Å². The van der Waals surface area contributed by atoms with Crippen LogP contribution in [-0.2, 0) is 6.54 Å². The topological polar surface area (TPSA) is 90.6 Å². The van der Waals surface area contributed by atoms with Gasteiger partial charge in [0.15, 0.2) is 11.5 Å². The number of rotatable bonds is 4. The van der Waals surface area contributed by atoms with Gasteiger partial charge in [-0.25, -0.2) is 4.79 Å². The summed E-state index contributed by atoms with van der Waals surface area (Å²) in [7, 11) is 3.40. The number of fused-ring (bicyclic) bond motifs is 1. The van der Waals surface area contributed by atoms with Crippen LogP contribution >= 0.6 is 0 Å². The molecule has 1 unspecified atom stereocenters. The van der Waals surface area contributed by atoms with Crippen molar-refractivity contribution in [2.45, 2.75) is 6.54 Å². The Morgan fingerprint density at radius 2 is 1.85 bits per heavy atom. The molecule has 0 bridgehead atoms. The minimum absolute atomic E-state index is 0. The zero-order valence-corrected chi connectivity index (χ0v) is 16.5. The van der Waals surface area contributed by atoms with Gasteiger partial charge in [-0.15, -0.1) is 0 Å². The Balaban J connectivity index is 0.00000261. The van der Waals surface area contributed by atoms with Crippen molar-refractivity contribution in [2.75, 3.05) is 14.1 Å². The molecule has 0 saturated heterocycles. The van der Waals surface area contributed by atoms with Gasteiger partial charge in [-0.2, -0.15) is 4.90 Å². The summed E-state index contributed by atoms with van der Waals surface area (Å²) in [6, 6.07) is 12.3. The molecule has 2 aromatic rings. The third-order valence-electron chi connectivity index (χ3n) is 4.23. The van der Waals surface area contributed by atoms with E-state index >= 15 is 0 Å². The molecule has 1 aliphatic rings. The summed E-state index contributed by atoms with van der Waals surface area (Å²) in [5.41, 5.74) is 11.9. The number of benzene rings is 2. The zero-order valence-electron chi connectivity index (χ0n) is 14.9. The molecule has 0 spiro atoms. The first-order valence-electron chi connectivity index (χ1n) is 8.07. The number of carbonyl (C=O) groups is 2. The Labute approximate surface area is 167 Å². The first-order chi connectivity index (χ1) is 12.5. The van der Waals surface area contributed by atoms with Crippen LogP contribution in [0.2, 0.25) is 0 Å². The Bertz CT molecular complexity index is 947. The molecule has 1 heterocycles. The lowest BCUT2D eigenvalue weighted by molar-refractivity contribution is -0.680. The maximum Gasteiger partial charge on any atom is 0.426 e. The van der Waals surface area contributed by atoms with Gasteiger partial charge in [-0.05, 0) is 17.2 Å². The summed E-state index contributed by atoms with van der Waals surface area (Å²) in [4.78, 5) is 30.1. The molecule has 0 aromatic heterocycles. The second kappa shape index (κ2) is 8.64. The normalized spacial score (nSPS) is 13.9. The van der Waals surface area contributed by atoms with Crippen LogP contribution in [0.4, 0.5) is 10.5 Å². The molecule has 0 aliphatic carbocycles. The number of hydrogen-bond acceptors (Lipinski definition) is 3. The third-order valence-corrected chi connectivity index (χ3v) is 4.23. The smallest absolute Gasteiger partial charge is 0.426 e. The molecule has 1 atom stereocenters.